The second-order valence-electron chi connectivity index (χ2n) is 8.01. The van der Waals surface area contributed by atoms with Gasteiger partial charge in [0.2, 0.25) is 11.8 Å². The molecule has 2 aliphatic rings. The van der Waals surface area contributed by atoms with Crippen molar-refractivity contribution in [1.82, 2.24) is 25.3 Å². The van der Waals surface area contributed by atoms with Crippen LogP contribution in [0.5, 0.6) is 0 Å². The maximum atomic E-state index is 12.8. The van der Waals surface area contributed by atoms with Crippen LogP contribution in [0.25, 0.3) is 0 Å². The number of rotatable bonds is 5. The average Bonchev–Trinajstić information content (AvgIpc) is 3.35. The topological polar surface area (TPSA) is 110 Å². The minimum atomic E-state index is -0.452. The highest BCUT2D eigenvalue weighted by Crippen LogP contribution is 2.50. The molecule has 1 N–H and O–H groups in total. The van der Waals surface area contributed by atoms with Gasteiger partial charge in [-0.05, 0) is 44.2 Å². The number of carbonyl (C=O) groups is 2. The maximum absolute atomic E-state index is 12.8. The predicted octanol–water partition coefficient (Wildman–Crippen LogP) is 1.02. The van der Waals surface area contributed by atoms with Crippen LogP contribution in [0.4, 0.5) is 0 Å². The number of methoxy groups -OCH3 is 1. The molecular formula is C20H25N5O4. The van der Waals surface area contributed by atoms with Crippen molar-refractivity contribution in [2.45, 2.75) is 38.1 Å². The number of ether oxygens (including phenoxy) is 1. The van der Waals surface area contributed by atoms with Gasteiger partial charge in [0.1, 0.15) is 6.61 Å². The fourth-order valence-corrected chi connectivity index (χ4v) is 4.68. The highest BCUT2D eigenvalue weighted by Gasteiger charge is 2.58. The van der Waals surface area contributed by atoms with E-state index in [0.29, 0.717) is 36.8 Å². The molecule has 1 saturated heterocycles. The van der Waals surface area contributed by atoms with Crippen LogP contribution in [0.15, 0.2) is 23.0 Å². The Kier molecular flexibility index (Phi) is 5.08. The second kappa shape index (κ2) is 7.55. The number of nitrogens with zero attached hydrogens (tertiary/aromatic N) is 4. The molecule has 1 aliphatic heterocycles. The Morgan fingerprint density at radius 3 is 2.93 bits per heavy atom. The summed E-state index contributed by atoms with van der Waals surface area (Å²) >= 11 is 0. The summed E-state index contributed by atoms with van der Waals surface area (Å²) in [7, 11) is 1.51. The lowest BCUT2D eigenvalue weighted by Crippen LogP contribution is -2.40. The lowest BCUT2D eigenvalue weighted by molar-refractivity contribution is -0.134. The highest BCUT2D eigenvalue weighted by molar-refractivity contribution is 5.95. The molecule has 0 aromatic carbocycles. The van der Waals surface area contributed by atoms with Gasteiger partial charge < -0.3 is 19.5 Å². The van der Waals surface area contributed by atoms with Crippen LogP contribution in [0.2, 0.25) is 0 Å². The van der Waals surface area contributed by atoms with E-state index < -0.39 is 5.41 Å². The molecule has 29 heavy (non-hydrogen) atoms. The Balaban J connectivity index is 1.55. The van der Waals surface area contributed by atoms with Crippen LogP contribution in [0.3, 0.4) is 0 Å². The van der Waals surface area contributed by atoms with E-state index in [4.69, 9.17) is 9.26 Å². The molecule has 1 saturated carbocycles. The number of hydrogen-bond donors (Lipinski definition) is 1. The monoisotopic (exact) mass is 399 g/mol. The first-order valence-electron chi connectivity index (χ1n) is 9.72. The number of fused-ring (bicyclic) bond motifs is 1. The Hall–Kier alpha value is -2.81. The summed E-state index contributed by atoms with van der Waals surface area (Å²) in [5.74, 6) is 1.05. The number of nitrogens with one attached hydrogen (secondary N) is 1. The van der Waals surface area contributed by atoms with Crippen LogP contribution in [-0.2, 0) is 14.9 Å². The summed E-state index contributed by atoms with van der Waals surface area (Å²) in [4.78, 5) is 35.5. The number of hydrogen-bond acceptors (Lipinski definition) is 7. The van der Waals surface area contributed by atoms with Crippen molar-refractivity contribution in [2.75, 3.05) is 26.8 Å². The quantitative estimate of drug-likeness (QED) is 0.799. The number of carbonyl (C=O) groups excluding carboxylic acids is 2. The van der Waals surface area contributed by atoms with Crippen LogP contribution >= 0.6 is 0 Å². The molecule has 2 amide bonds. The molecular weight excluding hydrogens is 374 g/mol. The van der Waals surface area contributed by atoms with Crippen LogP contribution in [0.1, 0.15) is 40.5 Å². The Labute approximate surface area is 168 Å². The van der Waals surface area contributed by atoms with Gasteiger partial charge in [0.25, 0.3) is 5.91 Å². The van der Waals surface area contributed by atoms with E-state index in [2.05, 4.69) is 20.4 Å². The maximum Gasteiger partial charge on any atom is 0.253 e. The van der Waals surface area contributed by atoms with Crippen molar-refractivity contribution in [3.63, 3.8) is 0 Å². The summed E-state index contributed by atoms with van der Waals surface area (Å²) in [5, 5.41) is 7.10. The summed E-state index contributed by atoms with van der Waals surface area (Å²) in [6.07, 6.45) is 4.64. The molecule has 154 valence electrons. The molecule has 3 atom stereocenters. The number of pyridine rings is 1. The minimum Gasteiger partial charge on any atom is -0.375 e. The molecule has 2 fully saturated rings. The summed E-state index contributed by atoms with van der Waals surface area (Å²) in [6, 6.07) is 1.78. The second-order valence-corrected chi connectivity index (χ2v) is 8.01. The van der Waals surface area contributed by atoms with Crippen molar-refractivity contribution in [3.8, 4) is 0 Å². The smallest absolute Gasteiger partial charge is 0.253 e. The molecule has 1 aliphatic carbocycles. The third kappa shape index (κ3) is 3.50. The zero-order valence-electron chi connectivity index (χ0n) is 16.8. The van der Waals surface area contributed by atoms with E-state index in [1.807, 2.05) is 13.0 Å². The first-order valence-corrected chi connectivity index (χ1v) is 9.72. The zero-order valence-corrected chi connectivity index (χ0v) is 16.8. The van der Waals surface area contributed by atoms with Crippen molar-refractivity contribution in [2.24, 2.45) is 5.92 Å². The van der Waals surface area contributed by atoms with Crippen molar-refractivity contribution >= 4 is 11.8 Å². The molecule has 0 bridgehead atoms. The van der Waals surface area contributed by atoms with Gasteiger partial charge in [0, 0.05) is 38.6 Å². The molecule has 0 radical (unpaired) electrons. The van der Waals surface area contributed by atoms with E-state index in [9.17, 15) is 9.59 Å². The summed E-state index contributed by atoms with van der Waals surface area (Å²) in [5.41, 5.74) is 1.01. The molecule has 4 rings (SSSR count). The number of aromatic nitrogens is 3. The summed E-state index contributed by atoms with van der Waals surface area (Å²) in [6.45, 7) is 4.79. The normalized spacial score (nSPS) is 25.8. The van der Waals surface area contributed by atoms with Crippen LogP contribution in [-0.4, -0.2) is 64.7 Å². The highest BCUT2D eigenvalue weighted by atomic mass is 16.5. The molecule has 9 heteroatoms. The fourth-order valence-electron chi connectivity index (χ4n) is 4.68. The molecule has 0 spiro atoms. The fraction of sp³-hybridized carbons (Fsp3) is 0.550. The van der Waals surface area contributed by atoms with E-state index in [0.717, 1.165) is 12.0 Å². The van der Waals surface area contributed by atoms with Crippen LogP contribution in [0, 0.1) is 19.8 Å². The molecule has 2 aromatic heterocycles. The standard InChI is InChI=1S/C20H25N5O4/c1-12-4-5-21-8-16(12)18(27)23-15-6-14-9-25(17(26)10-28-3)11-20(14,7-15)19-22-13(2)24-29-19/h4-5,8,14-15H,6-7,9-11H2,1-3H3,(H,23,27)/t14-,15+,20-/m0/s1. The van der Waals surface area contributed by atoms with Gasteiger partial charge in [-0.25, -0.2) is 0 Å². The molecule has 9 nitrogen and oxygen atoms in total. The average molecular weight is 399 g/mol. The summed E-state index contributed by atoms with van der Waals surface area (Å²) < 4.78 is 10.6. The SMILES string of the molecule is COCC(=O)N1C[C@@H]2C[C@@H](NC(=O)c3cnccc3C)C[C@]2(c2nc(C)no2)C1. The lowest BCUT2D eigenvalue weighted by Gasteiger charge is -2.25. The number of aryl methyl sites for hydroxylation is 2. The van der Waals surface area contributed by atoms with Crippen molar-refractivity contribution in [3.05, 3.63) is 41.3 Å². The first kappa shape index (κ1) is 19.5. The van der Waals surface area contributed by atoms with Gasteiger partial charge in [0.15, 0.2) is 5.82 Å². The first-order chi connectivity index (χ1) is 13.9. The van der Waals surface area contributed by atoms with Crippen LogP contribution < -0.4 is 5.32 Å². The van der Waals surface area contributed by atoms with Gasteiger partial charge >= 0.3 is 0 Å². The van der Waals surface area contributed by atoms with Gasteiger partial charge in [-0.1, -0.05) is 5.16 Å². The van der Waals surface area contributed by atoms with Gasteiger partial charge in [-0.15, -0.1) is 0 Å². The third-order valence-corrected chi connectivity index (χ3v) is 6.07. The van der Waals surface area contributed by atoms with Gasteiger partial charge in [0.05, 0.1) is 11.0 Å². The lowest BCUT2D eigenvalue weighted by atomic mass is 9.80. The zero-order chi connectivity index (χ0) is 20.6. The van der Waals surface area contributed by atoms with Gasteiger partial charge in [-0.3, -0.25) is 14.6 Å². The minimum absolute atomic E-state index is 0.0426. The van der Waals surface area contributed by atoms with Gasteiger partial charge in [-0.2, -0.15) is 4.98 Å². The Bertz CT molecular complexity index is 929. The number of amides is 2. The predicted molar refractivity (Wildman–Crippen MR) is 102 cm³/mol. The Morgan fingerprint density at radius 2 is 2.24 bits per heavy atom. The molecule has 2 aromatic rings. The largest absolute Gasteiger partial charge is 0.375 e. The number of likely N-dealkylation sites (tertiary alicyclic amines) is 1. The van der Waals surface area contributed by atoms with Crippen molar-refractivity contribution in [1.29, 1.82) is 0 Å². The van der Waals surface area contributed by atoms with Crippen molar-refractivity contribution < 1.29 is 18.8 Å². The van der Waals surface area contributed by atoms with E-state index in [1.165, 1.54) is 7.11 Å². The van der Waals surface area contributed by atoms with E-state index in [1.54, 1.807) is 24.2 Å². The third-order valence-electron chi connectivity index (χ3n) is 6.07. The molecule has 0 unspecified atom stereocenters. The van der Waals surface area contributed by atoms with E-state index in [-0.39, 0.29) is 30.4 Å². The molecule has 3 heterocycles. The van der Waals surface area contributed by atoms with E-state index >= 15 is 0 Å². The Morgan fingerprint density at radius 1 is 1.41 bits per heavy atom.